The number of aromatic amines is 1. The molecule has 8 nitrogen and oxygen atoms in total. The molecule has 0 amide bonds. The van der Waals surface area contributed by atoms with E-state index in [-0.39, 0.29) is 4.90 Å². The molecule has 0 atom stereocenters. The molecule has 33 heavy (non-hydrogen) atoms. The fraction of sp³-hybridized carbons (Fsp3) is 0.250. The molecule has 0 aliphatic carbocycles. The van der Waals surface area contributed by atoms with Gasteiger partial charge in [0.2, 0.25) is 0 Å². The molecular weight excluding hydrogens is 436 g/mol. The van der Waals surface area contributed by atoms with Gasteiger partial charge in [-0.3, -0.25) is 4.72 Å². The van der Waals surface area contributed by atoms with E-state index in [0.29, 0.717) is 11.3 Å². The maximum atomic E-state index is 13.0. The third kappa shape index (κ3) is 4.42. The topological polar surface area (TPSA) is 94.2 Å². The monoisotopic (exact) mass is 462 g/mol. The molecule has 0 saturated carbocycles. The number of H-pyrrole nitrogens is 1. The van der Waals surface area contributed by atoms with Crippen LogP contribution in [0.4, 0.5) is 11.5 Å². The second kappa shape index (κ2) is 8.84. The van der Waals surface area contributed by atoms with Crippen molar-refractivity contribution in [2.45, 2.75) is 11.3 Å². The Hall–Kier alpha value is -3.43. The van der Waals surface area contributed by atoms with Crippen LogP contribution < -0.4 is 9.62 Å². The normalized spacial score (nSPS) is 15.5. The second-order valence-electron chi connectivity index (χ2n) is 8.25. The molecule has 0 unspecified atom stereocenters. The van der Waals surface area contributed by atoms with E-state index in [9.17, 15) is 8.42 Å². The number of nitrogens with one attached hydrogen (secondary N) is 2. The lowest BCUT2D eigenvalue weighted by Crippen LogP contribution is -2.29. The van der Waals surface area contributed by atoms with Gasteiger partial charge in [0.1, 0.15) is 11.5 Å². The number of fused-ring (bicyclic) bond motifs is 1. The molecule has 1 aliphatic rings. The average Bonchev–Trinajstić information content (AvgIpc) is 3.15. The summed E-state index contributed by atoms with van der Waals surface area (Å²) < 4.78 is 28.7. The number of rotatable bonds is 5. The largest absolute Gasteiger partial charge is 0.355 e. The minimum absolute atomic E-state index is 0.212. The van der Waals surface area contributed by atoms with Gasteiger partial charge in [-0.15, -0.1) is 0 Å². The van der Waals surface area contributed by atoms with E-state index in [1.165, 1.54) is 0 Å². The number of likely N-dealkylation sites (N-methyl/N-ethyl adjacent to an activating group) is 1. The number of aromatic nitrogens is 3. The Morgan fingerprint density at radius 3 is 2.64 bits per heavy atom. The highest BCUT2D eigenvalue weighted by molar-refractivity contribution is 7.92. The van der Waals surface area contributed by atoms with Crippen LogP contribution in [-0.4, -0.2) is 61.5 Å². The van der Waals surface area contributed by atoms with Crippen LogP contribution in [0.3, 0.4) is 0 Å². The summed E-state index contributed by atoms with van der Waals surface area (Å²) in [7, 11) is -1.59. The number of benzene rings is 1. The standard InChI is InChI=1S/C24H26N6O2S/c1-29-12-5-13-30(15-14-29)22-16-18(8-10-25-22)20-17-27-24-23(20)21(9-11-26-24)28-33(31,32)19-6-3-2-4-7-19/h2-4,6-11,16-17H,5,12-15H2,1H3,(H2,26,27,28). The van der Waals surface area contributed by atoms with Gasteiger partial charge in [-0.2, -0.15) is 0 Å². The van der Waals surface area contributed by atoms with Crippen LogP contribution in [0.2, 0.25) is 0 Å². The van der Waals surface area contributed by atoms with Gasteiger partial charge in [-0.05, 0) is 55.9 Å². The van der Waals surface area contributed by atoms with Gasteiger partial charge in [-0.1, -0.05) is 18.2 Å². The van der Waals surface area contributed by atoms with Crippen molar-refractivity contribution in [3.05, 3.63) is 67.1 Å². The van der Waals surface area contributed by atoms with E-state index >= 15 is 0 Å². The molecule has 0 radical (unpaired) electrons. The minimum atomic E-state index is -3.73. The molecule has 4 heterocycles. The van der Waals surface area contributed by atoms with E-state index in [0.717, 1.165) is 54.9 Å². The van der Waals surface area contributed by atoms with Gasteiger partial charge >= 0.3 is 0 Å². The van der Waals surface area contributed by atoms with Crippen LogP contribution in [0, 0.1) is 0 Å². The number of hydrogen-bond donors (Lipinski definition) is 2. The summed E-state index contributed by atoms with van der Waals surface area (Å²) in [5, 5.41) is 0.727. The van der Waals surface area contributed by atoms with Crippen molar-refractivity contribution in [2.24, 2.45) is 0 Å². The summed E-state index contributed by atoms with van der Waals surface area (Å²) in [6, 6.07) is 14.0. The second-order valence-corrected chi connectivity index (χ2v) is 9.93. The molecule has 9 heteroatoms. The van der Waals surface area contributed by atoms with Crippen LogP contribution in [-0.2, 0) is 10.0 Å². The third-order valence-electron chi connectivity index (χ3n) is 5.97. The third-order valence-corrected chi connectivity index (χ3v) is 7.35. The van der Waals surface area contributed by atoms with E-state index < -0.39 is 10.0 Å². The van der Waals surface area contributed by atoms with Crippen LogP contribution in [0.25, 0.3) is 22.2 Å². The van der Waals surface area contributed by atoms with Crippen molar-refractivity contribution in [2.75, 3.05) is 42.8 Å². The lowest BCUT2D eigenvalue weighted by Gasteiger charge is -2.22. The molecule has 5 rings (SSSR count). The van der Waals surface area contributed by atoms with Gasteiger partial charge in [0.15, 0.2) is 0 Å². The zero-order chi connectivity index (χ0) is 22.8. The summed E-state index contributed by atoms with van der Waals surface area (Å²) in [6.45, 7) is 3.95. The number of nitrogens with zero attached hydrogens (tertiary/aromatic N) is 4. The van der Waals surface area contributed by atoms with Crippen molar-refractivity contribution in [3.8, 4) is 11.1 Å². The van der Waals surface area contributed by atoms with Gasteiger partial charge in [-0.25, -0.2) is 18.4 Å². The molecule has 2 N–H and O–H groups in total. The Bertz CT molecular complexity index is 1370. The van der Waals surface area contributed by atoms with E-state index in [1.54, 1.807) is 42.6 Å². The first-order valence-corrected chi connectivity index (χ1v) is 12.4. The first kappa shape index (κ1) is 21.4. The lowest BCUT2D eigenvalue weighted by molar-refractivity contribution is 0.360. The van der Waals surface area contributed by atoms with Gasteiger partial charge in [0, 0.05) is 43.8 Å². The lowest BCUT2D eigenvalue weighted by atomic mass is 10.1. The van der Waals surface area contributed by atoms with Gasteiger partial charge in [0.25, 0.3) is 10.0 Å². The summed E-state index contributed by atoms with van der Waals surface area (Å²) in [5.41, 5.74) is 2.93. The highest BCUT2D eigenvalue weighted by Gasteiger charge is 2.19. The van der Waals surface area contributed by atoms with Gasteiger partial charge < -0.3 is 14.8 Å². The highest BCUT2D eigenvalue weighted by atomic mass is 32.2. The summed E-state index contributed by atoms with van der Waals surface area (Å²) in [5.74, 6) is 0.924. The molecule has 170 valence electrons. The van der Waals surface area contributed by atoms with Crippen molar-refractivity contribution < 1.29 is 8.42 Å². The Kier molecular flexibility index (Phi) is 5.74. The molecule has 0 bridgehead atoms. The Labute approximate surface area is 193 Å². The van der Waals surface area contributed by atoms with E-state index in [2.05, 4.69) is 42.6 Å². The van der Waals surface area contributed by atoms with Crippen LogP contribution >= 0.6 is 0 Å². The number of hydrogen-bond acceptors (Lipinski definition) is 6. The van der Waals surface area contributed by atoms with Crippen molar-refractivity contribution in [1.82, 2.24) is 19.9 Å². The molecular formula is C24H26N6O2S. The molecule has 0 spiro atoms. The molecule has 1 aliphatic heterocycles. The Balaban J connectivity index is 1.53. The van der Waals surface area contributed by atoms with Crippen molar-refractivity contribution in [3.63, 3.8) is 0 Å². The quantitative estimate of drug-likeness (QED) is 0.471. The van der Waals surface area contributed by atoms with Crippen LogP contribution in [0.15, 0.2) is 72.0 Å². The predicted molar refractivity (Wildman–Crippen MR) is 131 cm³/mol. The number of sulfonamides is 1. The fourth-order valence-corrected chi connectivity index (χ4v) is 5.30. The van der Waals surface area contributed by atoms with Crippen LogP contribution in [0.5, 0.6) is 0 Å². The maximum absolute atomic E-state index is 13.0. The predicted octanol–water partition coefficient (Wildman–Crippen LogP) is 3.57. The summed E-state index contributed by atoms with van der Waals surface area (Å²) in [4.78, 5) is 17.0. The van der Waals surface area contributed by atoms with Gasteiger partial charge in [0.05, 0.1) is 16.0 Å². The molecule has 1 aromatic carbocycles. The van der Waals surface area contributed by atoms with Crippen molar-refractivity contribution >= 4 is 32.6 Å². The number of pyridine rings is 2. The number of anilines is 2. The Morgan fingerprint density at radius 1 is 0.970 bits per heavy atom. The maximum Gasteiger partial charge on any atom is 0.261 e. The molecule has 3 aromatic heterocycles. The highest BCUT2D eigenvalue weighted by Crippen LogP contribution is 2.35. The first-order chi connectivity index (χ1) is 16.0. The molecule has 1 saturated heterocycles. The first-order valence-electron chi connectivity index (χ1n) is 11.0. The summed E-state index contributed by atoms with van der Waals surface area (Å²) in [6.07, 6.45) is 6.36. The van der Waals surface area contributed by atoms with E-state index in [4.69, 9.17) is 0 Å². The molecule has 4 aromatic rings. The van der Waals surface area contributed by atoms with Crippen molar-refractivity contribution in [1.29, 1.82) is 0 Å². The smallest absolute Gasteiger partial charge is 0.261 e. The Morgan fingerprint density at radius 2 is 1.79 bits per heavy atom. The summed E-state index contributed by atoms with van der Waals surface area (Å²) >= 11 is 0. The average molecular weight is 463 g/mol. The zero-order valence-electron chi connectivity index (χ0n) is 18.4. The zero-order valence-corrected chi connectivity index (χ0v) is 19.2. The fourth-order valence-electron chi connectivity index (χ4n) is 4.21. The van der Waals surface area contributed by atoms with Crippen LogP contribution in [0.1, 0.15) is 6.42 Å². The molecule has 1 fully saturated rings. The SMILES string of the molecule is CN1CCCN(c2cc(-c3c[nH]c4nccc(NS(=O)(=O)c5ccccc5)c34)ccn2)CC1. The van der Waals surface area contributed by atoms with E-state index in [1.807, 2.05) is 18.5 Å². The minimum Gasteiger partial charge on any atom is -0.355 e.